The van der Waals surface area contributed by atoms with Crippen molar-refractivity contribution in [2.45, 2.75) is 51.8 Å². The third-order valence-corrected chi connectivity index (χ3v) is 6.53. The molecular weight excluding hydrogens is 416 g/mol. The van der Waals surface area contributed by atoms with Gasteiger partial charge >= 0.3 is 6.09 Å². The Morgan fingerprint density at radius 1 is 1.29 bits per heavy atom. The number of likely N-dealkylation sites (tertiary alicyclic amines) is 1. The van der Waals surface area contributed by atoms with Crippen LogP contribution < -0.4 is 9.47 Å². The van der Waals surface area contributed by atoms with Crippen molar-refractivity contribution in [1.29, 1.82) is 0 Å². The van der Waals surface area contributed by atoms with Crippen LogP contribution in [0.3, 0.4) is 0 Å². The Morgan fingerprint density at radius 2 is 2.06 bits per heavy atom. The van der Waals surface area contributed by atoms with Gasteiger partial charge in [0.05, 0.1) is 23.5 Å². The summed E-state index contributed by atoms with van der Waals surface area (Å²) in [5.74, 6) is 1.63. The van der Waals surface area contributed by atoms with E-state index in [9.17, 15) is 4.79 Å². The van der Waals surface area contributed by atoms with Crippen LogP contribution >= 0.6 is 11.6 Å². The number of hydrogen-bond donors (Lipinski definition) is 0. The Kier molecular flexibility index (Phi) is 7.02. The van der Waals surface area contributed by atoms with Crippen LogP contribution in [-0.2, 0) is 13.1 Å². The fourth-order valence-corrected chi connectivity index (χ4v) is 4.49. The highest BCUT2D eigenvalue weighted by atomic mass is 35.5. The molecular formula is C23H31ClN4O3. The predicted octanol–water partition coefficient (Wildman–Crippen LogP) is 4.44. The molecule has 31 heavy (non-hydrogen) atoms. The molecule has 1 saturated carbocycles. The van der Waals surface area contributed by atoms with Crippen molar-refractivity contribution in [2.75, 3.05) is 26.7 Å². The zero-order valence-corrected chi connectivity index (χ0v) is 19.1. The molecule has 4 rings (SSSR count). The van der Waals surface area contributed by atoms with Crippen LogP contribution in [0.25, 0.3) is 0 Å². The van der Waals surface area contributed by atoms with Crippen LogP contribution in [0.1, 0.15) is 38.2 Å². The van der Waals surface area contributed by atoms with Crippen molar-refractivity contribution < 1.29 is 14.3 Å². The third kappa shape index (κ3) is 5.52. The standard InChI is InChI=1S/C23H31ClN4O3/c1-3-28-16-20(13-25-28)31-23(29)26(2)14-17-11-19(12-17)30-21-8-6-7-18(22(21)24)15-27-9-4-5-10-27/h6-8,13,16-17,19H,3-5,9-12,14-15H2,1-2H3. The van der Waals surface area contributed by atoms with Crippen molar-refractivity contribution in [3.63, 3.8) is 0 Å². The molecule has 2 fully saturated rings. The van der Waals surface area contributed by atoms with E-state index in [1.54, 1.807) is 29.0 Å². The predicted molar refractivity (Wildman–Crippen MR) is 120 cm³/mol. The van der Waals surface area contributed by atoms with Gasteiger partial charge in [-0.25, -0.2) is 4.79 Å². The van der Waals surface area contributed by atoms with Gasteiger partial charge in [0.25, 0.3) is 0 Å². The summed E-state index contributed by atoms with van der Waals surface area (Å²) in [5.41, 5.74) is 1.13. The van der Waals surface area contributed by atoms with E-state index in [4.69, 9.17) is 21.1 Å². The highest BCUT2D eigenvalue weighted by Gasteiger charge is 2.33. The van der Waals surface area contributed by atoms with Gasteiger partial charge in [-0.15, -0.1) is 0 Å². The lowest BCUT2D eigenvalue weighted by Gasteiger charge is -2.37. The number of ether oxygens (including phenoxy) is 2. The van der Waals surface area contributed by atoms with Crippen LogP contribution in [-0.4, -0.2) is 58.5 Å². The summed E-state index contributed by atoms with van der Waals surface area (Å²) in [5, 5.41) is 4.85. The smallest absolute Gasteiger partial charge is 0.415 e. The molecule has 0 unspecified atom stereocenters. The maximum absolute atomic E-state index is 12.3. The number of amides is 1. The van der Waals surface area contributed by atoms with Gasteiger partial charge in [-0.05, 0) is 63.2 Å². The molecule has 168 valence electrons. The number of carbonyl (C=O) groups excluding carboxylic acids is 1. The summed E-state index contributed by atoms with van der Waals surface area (Å²) in [6.07, 6.45) is 7.39. The second-order valence-corrected chi connectivity index (χ2v) is 8.95. The SMILES string of the molecule is CCn1cc(OC(=O)N(C)CC2CC(Oc3cccc(CN4CCCC4)c3Cl)C2)cn1. The van der Waals surface area contributed by atoms with Crippen LogP contribution in [0, 0.1) is 5.92 Å². The van der Waals surface area contributed by atoms with E-state index >= 15 is 0 Å². The third-order valence-electron chi connectivity index (χ3n) is 6.10. The molecule has 2 heterocycles. The first kappa shape index (κ1) is 22.0. The molecule has 1 aromatic carbocycles. The molecule has 1 aliphatic heterocycles. The summed E-state index contributed by atoms with van der Waals surface area (Å²) < 4.78 is 13.3. The second-order valence-electron chi connectivity index (χ2n) is 8.57. The van der Waals surface area contributed by atoms with E-state index in [2.05, 4.69) is 16.1 Å². The van der Waals surface area contributed by atoms with Gasteiger partial charge in [0.15, 0.2) is 5.75 Å². The summed E-state index contributed by atoms with van der Waals surface area (Å²) in [6.45, 7) is 6.53. The topological polar surface area (TPSA) is 59.8 Å². The molecule has 0 atom stereocenters. The van der Waals surface area contributed by atoms with Crippen molar-refractivity contribution >= 4 is 17.7 Å². The molecule has 0 bridgehead atoms. The van der Waals surface area contributed by atoms with E-state index in [0.29, 0.717) is 18.2 Å². The summed E-state index contributed by atoms with van der Waals surface area (Å²) in [6, 6.07) is 6.05. The van der Waals surface area contributed by atoms with Crippen LogP contribution in [0.5, 0.6) is 11.5 Å². The minimum Gasteiger partial charge on any atom is -0.489 e. The van der Waals surface area contributed by atoms with Crippen molar-refractivity contribution in [1.82, 2.24) is 19.6 Å². The largest absolute Gasteiger partial charge is 0.489 e. The average molecular weight is 447 g/mol. The Hall–Kier alpha value is -2.25. The number of carbonyl (C=O) groups is 1. The average Bonchev–Trinajstić information content (AvgIpc) is 3.40. The minimum atomic E-state index is -0.363. The van der Waals surface area contributed by atoms with Crippen LogP contribution in [0.4, 0.5) is 4.79 Å². The van der Waals surface area contributed by atoms with Crippen molar-refractivity contribution in [2.24, 2.45) is 5.92 Å². The number of aryl methyl sites for hydroxylation is 1. The molecule has 0 N–H and O–H groups in total. The summed E-state index contributed by atoms with van der Waals surface area (Å²) in [7, 11) is 1.76. The lowest BCUT2D eigenvalue weighted by Crippen LogP contribution is -2.42. The Labute approximate surface area is 188 Å². The number of aromatic nitrogens is 2. The Bertz CT molecular complexity index is 891. The maximum atomic E-state index is 12.3. The van der Waals surface area contributed by atoms with Gasteiger partial charge in [0, 0.05) is 26.7 Å². The maximum Gasteiger partial charge on any atom is 0.415 e. The zero-order chi connectivity index (χ0) is 21.8. The number of halogens is 1. The van der Waals surface area contributed by atoms with E-state index in [-0.39, 0.29) is 12.2 Å². The first-order chi connectivity index (χ1) is 15.0. The fourth-order valence-electron chi connectivity index (χ4n) is 4.26. The normalized spacial score (nSPS) is 21.0. The van der Waals surface area contributed by atoms with Gasteiger partial charge < -0.3 is 14.4 Å². The van der Waals surface area contributed by atoms with Crippen molar-refractivity contribution in [3.8, 4) is 11.5 Å². The van der Waals surface area contributed by atoms with Gasteiger partial charge in [-0.1, -0.05) is 23.7 Å². The highest BCUT2D eigenvalue weighted by molar-refractivity contribution is 6.32. The minimum absolute atomic E-state index is 0.136. The second kappa shape index (κ2) is 9.92. The first-order valence-electron chi connectivity index (χ1n) is 11.1. The molecule has 1 aromatic heterocycles. The van der Waals surface area contributed by atoms with Crippen molar-refractivity contribution in [3.05, 3.63) is 41.2 Å². The lowest BCUT2D eigenvalue weighted by atomic mass is 9.82. The quantitative estimate of drug-likeness (QED) is 0.600. The molecule has 1 aliphatic carbocycles. The summed E-state index contributed by atoms with van der Waals surface area (Å²) >= 11 is 6.64. The molecule has 2 aliphatic rings. The van der Waals surface area contributed by atoms with Crippen LogP contribution in [0.2, 0.25) is 5.02 Å². The fraction of sp³-hybridized carbons (Fsp3) is 0.565. The van der Waals surface area contributed by atoms with E-state index in [0.717, 1.165) is 55.4 Å². The van der Waals surface area contributed by atoms with E-state index in [1.165, 1.54) is 12.8 Å². The van der Waals surface area contributed by atoms with E-state index in [1.807, 2.05) is 19.1 Å². The number of rotatable bonds is 8. The monoisotopic (exact) mass is 446 g/mol. The Morgan fingerprint density at radius 3 is 2.77 bits per heavy atom. The molecule has 1 amide bonds. The molecule has 2 aromatic rings. The molecule has 0 spiro atoms. The zero-order valence-electron chi connectivity index (χ0n) is 18.3. The first-order valence-corrected chi connectivity index (χ1v) is 11.5. The van der Waals surface area contributed by atoms with Crippen LogP contribution in [0.15, 0.2) is 30.6 Å². The van der Waals surface area contributed by atoms with Gasteiger partial charge in [-0.3, -0.25) is 9.58 Å². The molecule has 1 saturated heterocycles. The number of benzene rings is 1. The van der Waals surface area contributed by atoms with Gasteiger partial charge in [0.2, 0.25) is 0 Å². The molecule has 0 radical (unpaired) electrons. The number of nitrogens with zero attached hydrogens (tertiary/aromatic N) is 4. The molecule has 8 heteroatoms. The highest BCUT2D eigenvalue weighted by Crippen LogP contribution is 2.36. The summed E-state index contributed by atoms with van der Waals surface area (Å²) in [4.78, 5) is 16.4. The number of hydrogen-bond acceptors (Lipinski definition) is 5. The van der Waals surface area contributed by atoms with Gasteiger partial charge in [0.1, 0.15) is 5.75 Å². The van der Waals surface area contributed by atoms with Gasteiger partial charge in [-0.2, -0.15) is 5.10 Å². The lowest BCUT2D eigenvalue weighted by molar-refractivity contribution is 0.0484. The van der Waals surface area contributed by atoms with E-state index < -0.39 is 0 Å². The molecule has 7 nitrogen and oxygen atoms in total. The Balaban J connectivity index is 1.22.